The molecule has 1 aromatic carbocycles. The molecule has 2 aliphatic carbocycles. The monoisotopic (exact) mass is 380 g/mol. The Morgan fingerprint density at radius 1 is 1.04 bits per heavy atom. The van der Waals surface area contributed by atoms with Gasteiger partial charge in [0.2, 0.25) is 10.0 Å². The topological polar surface area (TPSA) is 120 Å². The molecular weight excluding hydrogens is 356 g/mol. The van der Waals surface area contributed by atoms with Crippen molar-refractivity contribution in [2.75, 3.05) is 18.4 Å². The van der Waals surface area contributed by atoms with Crippen LogP contribution in [0.1, 0.15) is 35.1 Å². The van der Waals surface area contributed by atoms with Gasteiger partial charge in [0.25, 0.3) is 0 Å². The molecular formula is C17H24N4O4S. The summed E-state index contributed by atoms with van der Waals surface area (Å²) in [6.07, 6.45) is 5.06. The van der Waals surface area contributed by atoms with E-state index in [2.05, 4.69) is 26.7 Å². The predicted molar refractivity (Wildman–Crippen MR) is 97.4 cm³/mol. The van der Waals surface area contributed by atoms with Crippen molar-refractivity contribution in [2.24, 2.45) is 0 Å². The molecule has 8 nitrogen and oxygen atoms in total. The van der Waals surface area contributed by atoms with Gasteiger partial charge in [-0.1, -0.05) is 6.07 Å². The van der Waals surface area contributed by atoms with Crippen molar-refractivity contribution in [2.45, 2.75) is 50.1 Å². The molecule has 1 heterocycles. The Balaban J connectivity index is 1.51. The molecule has 0 aromatic heterocycles. The van der Waals surface area contributed by atoms with Crippen LogP contribution in [0.2, 0.25) is 0 Å². The maximum atomic E-state index is 12.4. The SMILES string of the molecule is O=C(Nc1c2c(cc3c1CCC3)CCC2)NS(=O)(=O)C1CNC(O)NC1. The Bertz CT molecular complexity index is 799. The van der Waals surface area contributed by atoms with E-state index >= 15 is 0 Å². The van der Waals surface area contributed by atoms with Crippen LogP contribution in [0.3, 0.4) is 0 Å². The fourth-order valence-corrected chi connectivity index (χ4v) is 5.28. The van der Waals surface area contributed by atoms with E-state index < -0.39 is 27.7 Å². The summed E-state index contributed by atoms with van der Waals surface area (Å²) in [6, 6.07) is 1.54. The number of benzene rings is 1. The summed E-state index contributed by atoms with van der Waals surface area (Å²) in [4.78, 5) is 12.4. The van der Waals surface area contributed by atoms with E-state index in [0.29, 0.717) is 0 Å². The van der Waals surface area contributed by atoms with Crippen molar-refractivity contribution in [1.29, 1.82) is 0 Å². The summed E-state index contributed by atoms with van der Waals surface area (Å²) in [5.74, 6) is 0. The average Bonchev–Trinajstić information content (AvgIpc) is 3.23. The molecule has 0 spiro atoms. The molecule has 0 saturated carbocycles. The van der Waals surface area contributed by atoms with Crippen molar-refractivity contribution in [3.63, 3.8) is 0 Å². The molecule has 1 saturated heterocycles. The standard InChI is InChI=1S/C17H24N4O4S/c22-16-18-8-12(9-19-16)26(24,25)21-17(23)20-15-13-5-1-3-10(13)7-11-4-2-6-14(11)15/h7,12,16,18-19,22H,1-6,8-9H2,(H2,20,21,23). The Labute approximate surface area is 152 Å². The highest BCUT2D eigenvalue weighted by molar-refractivity contribution is 7.90. The van der Waals surface area contributed by atoms with Gasteiger partial charge in [-0.3, -0.25) is 10.6 Å². The fraction of sp³-hybridized carbons (Fsp3) is 0.588. The number of carbonyl (C=O) groups is 1. The molecule has 0 bridgehead atoms. The molecule has 2 amide bonds. The van der Waals surface area contributed by atoms with E-state index in [-0.39, 0.29) is 13.1 Å². The van der Waals surface area contributed by atoms with Crippen molar-refractivity contribution in [1.82, 2.24) is 15.4 Å². The molecule has 0 unspecified atom stereocenters. The normalized spacial score (nSPS) is 24.8. The lowest BCUT2D eigenvalue weighted by molar-refractivity contribution is 0.0863. The number of nitrogens with one attached hydrogen (secondary N) is 4. The number of aliphatic hydroxyl groups is 1. The van der Waals surface area contributed by atoms with Crippen LogP contribution in [0.4, 0.5) is 10.5 Å². The van der Waals surface area contributed by atoms with Gasteiger partial charge >= 0.3 is 6.03 Å². The van der Waals surface area contributed by atoms with E-state index in [1.807, 2.05) is 0 Å². The molecule has 0 radical (unpaired) electrons. The summed E-state index contributed by atoms with van der Waals surface area (Å²) >= 11 is 0. The lowest BCUT2D eigenvalue weighted by atomic mass is 9.99. The van der Waals surface area contributed by atoms with Gasteiger partial charge in [0.1, 0.15) is 5.25 Å². The minimum atomic E-state index is -3.85. The van der Waals surface area contributed by atoms with Crippen LogP contribution in [0.15, 0.2) is 6.07 Å². The number of hydrogen-bond donors (Lipinski definition) is 5. The third kappa shape index (κ3) is 3.32. The van der Waals surface area contributed by atoms with Crippen LogP contribution < -0.4 is 20.7 Å². The number of urea groups is 1. The number of sulfonamides is 1. The van der Waals surface area contributed by atoms with Crippen molar-refractivity contribution in [3.05, 3.63) is 28.3 Å². The third-order valence-electron chi connectivity index (χ3n) is 5.46. The highest BCUT2D eigenvalue weighted by Gasteiger charge is 2.32. The third-order valence-corrected chi connectivity index (χ3v) is 7.14. The first-order valence-corrected chi connectivity index (χ1v) is 10.6. The predicted octanol–water partition coefficient (Wildman–Crippen LogP) is -0.0474. The molecule has 142 valence electrons. The van der Waals surface area contributed by atoms with Crippen molar-refractivity contribution >= 4 is 21.7 Å². The molecule has 9 heteroatoms. The maximum Gasteiger partial charge on any atom is 0.332 e. The average molecular weight is 380 g/mol. The van der Waals surface area contributed by atoms with Crippen LogP contribution in [0.5, 0.6) is 0 Å². The molecule has 26 heavy (non-hydrogen) atoms. The summed E-state index contributed by atoms with van der Waals surface area (Å²) in [6.45, 7) is 0.153. The first-order chi connectivity index (χ1) is 12.4. The number of hydrogen-bond acceptors (Lipinski definition) is 6. The number of rotatable bonds is 3. The van der Waals surface area contributed by atoms with E-state index in [0.717, 1.165) is 55.3 Å². The largest absolute Gasteiger partial charge is 0.365 e. The first-order valence-electron chi connectivity index (χ1n) is 9.08. The Morgan fingerprint density at radius 3 is 2.19 bits per heavy atom. The van der Waals surface area contributed by atoms with Crippen LogP contribution in [0, 0.1) is 0 Å². The zero-order valence-corrected chi connectivity index (χ0v) is 15.3. The van der Waals surface area contributed by atoms with E-state index in [4.69, 9.17) is 0 Å². The van der Waals surface area contributed by atoms with Crippen LogP contribution >= 0.6 is 0 Å². The van der Waals surface area contributed by atoms with Gasteiger partial charge in [0.05, 0.1) is 0 Å². The van der Waals surface area contributed by atoms with Crippen molar-refractivity contribution in [3.8, 4) is 0 Å². The molecule has 0 atom stereocenters. The summed E-state index contributed by atoms with van der Waals surface area (Å²) in [7, 11) is -3.85. The van der Waals surface area contributed by atoms with Gasteiger partial charge in [-0.15, -0.1) is 0 Å². The Kier molecular flexibility index (Phi) is 4.64. The van der Waals surface area contributed by atoms with E-state index in [1.165, 1.54) is 11.1 Å². The molecule has 5 N–H and O–H groups in total. The quantitative estimate of drug-likeness (QED) is 0.502. The molecule has 1 aliphatic heterocycles. The minimum Gasteiger partial charge on any atom is -0.365 e. The van der Waals surface area contributed by atoms with Gasteiger partial charge in [-0.2, -0.15) is 0 Å². The fourth-order valence-electron chi connectivity index (χ4n) is 4.17. The van der Waals surface area contributed by atoms with Gasteiger partial charge in [0, 0.05) is 18.8 Å². The van der Waals surface area contributed by atoms with E-state index in [1.54, 1.807) is 0 Å². The smallest absolute Gasteiger partial charge is 0.332 e. The molecule has 1 aromatic rings. The molecule has 4 rings (SSSR count). The summed E-state index contributed by atoms with van der Waals surface area (Å²) in [5.41, 5.74) is 5.68. The minimum absolute atomic E-state index is 0.0763. The zero-order valence-electron chi connectivity index (χ0n) is 14.5. The van der Waals surface area contributed by atoms with Crippen LogP contribution in [-0.2, 0) is 35.7 Å². The Morgan fingerprint density at radius 2 is 1.62 bits per heavy atom. The second-order valence-corrected chi connectivity index (χ2v) is 9.14. The van der Waals surface area contributed by atoms with Gasteiger partial charge < -0.3 is 10.4 Å². The first kappa shape index (κ1) is 17.7. The number of amides is 2. The van der Waals surface area contributed by atoms with Gasteiger partial charge in [-0.25, -0.2) is 17.9 Å². The number of anilines is 1. The van der Waals surface area contributed by atoms with Crippen LogP contribution in [-0.4, -0.2) is 44.2 Å². The van der Waals surface area contributed by atoms with Crippen LogP contribution in [0.25, 0.3) is 0 Å². The number of carbonyl (C=O) groups excluding carboxylic acids is 1. The lowest BCUT2D eigenvalue weighted by Crippen LogP contribution is -2.59. The number of fused-ring (bicyclic) bond motifs is 2. The highest BCUT2D eigenvalue weighted by atomic mass is 32.2. The number of aliphatic hydroxyl groups excluding tert-OH is 1. The van der Waals surface area contributed by atoms with E-state index in [9.17, 15) is 18.3 Å². The number of aryl methyl sites for hydroxylation is 2. The maximum absolute atomic E-state index is 12.4. The highest BCUT2D eigenvalue weighted by Crippen LogP contribution is 2.38. The summed E-state index contributed by atoms with van der Waals surface area (Å²) in [5, 5.41) is 16.6. The molecule has 1 fully saturated rings. The second kappa shape index (κ2) is 6.80. The zero-order chi connectivity index (χ0) is 18.3. The lowest BCUT2D eigenvalue weighted by Gasteiger charge is -2.27. The summed E-state index contributed by atoms with van der Waals surface area (Å²) < 4.78 is 27.0. The Hall–Kier alpha value is -1.68. The molecule has 3 aliphatic rings. The van der Waals surface area contributed by atoms with Gasteiger partial charge in [-0.05, 0) is 60.8 Å². The van der Waals surface area contributed by atoms with Crippen molar-refractivity contribution < 1.29 is 18.3 Å². The van der Waals surface area contributed by atoms with Gasteiger partial charge in [0.15, 0.2) is 6.35 Å². The second-order valence-electron chi connectivity index (χ2n) is 7.18.